The molecule has 0 saturated heterocycles. The van der Waals surface area contributed by atoms with E-state index in [4.69, 9.17) is 12.2 Å². The van der Waals surface area contributed by atoms with Gasteiger partial charge < -0.3 is 5.73 Å². The van der Waals surface area contributed by atoms with Crippen molar-refractivity contribution >= 4 is 10.0 Å². The molecule has 1 aromatic carbocycles. The molecule has 0 aliphatic carbocycles. The molecule has 0 spiro atoms. The lowest BCUT2D eigenvalue weighted by atomic mass is 10.1. The highest BCUT2D eigenvalue weighted by Crippen LogP contribution is 2.13. The number of hydrogen-bond donors (Lipinski definition) is 2. The van der Waals surface area contributed by atoms with Gasteiger partial charge >= 0.3 is 0 Å². The Bertz CT molecular complexity index is 525. The van der Waals surface area contributed by atoms with Crippen molar-refractivity contribution in [3.05, 3.63) is 29.8 Å². The Kier molecular flexibility index (Phi) is 3.94. The molecule has 1 aromatic rings. The summed E-state index contributed by atoms with van der Waals surface area (Å²) in [5, 5.41) is 0. The molecule has 0 saturated carbocycles. The van der Waals surface area contributed by atoms with Crippen LogP contribution in [0, 0.1) is 12.3 Å². The van der Waals surface area contributed by atoms with E-state index < -0.39 is 15.6 Å². The average molecular weight is 252 g/mol. The molecule has 0 aliphatic rings. The average Bonchev–Trinajstić information content (AvgIpc) is 2.28. The molecule has 0 radical (unpaired) electrons. The highest BCUT2D eigenvalue weighted by Gasteiger charge is 2.23. The largest absolute Gasteiger partial charge is 0.326 e. The van der Waals surface area contributed by atoms with Gasteiger partial charge in [-0.2, -0.15) is 4.72 Å². The minimum absolute atomic E-state index is 0.179. The smallest absolute Gasteiger partial charge is 0.241 e. The van der Waals surface area contributed by atoms with Gasteiger partial charge in [0.15, 0.2) is 0 Å². The van der Waals surface area contributed by atoms with Crippen LogP contribution in [0.15, 0.2) is 29.2 Å². The third kappa shape index (κ3) is 3.56. The highest BCUT2D eigenvalue weighted by molar-refractivity contribution is 7.89. The van der Waals surface area contributed by atoms with Gasteiger partial charge in [-0.15, -0.1) is 6.42 Å². The van der Waals surface area contributed by atoms with E-state index in [0.29, 0.717) is 6.54 Å². The summed E-state index contributed by atoms with van der Waals surface area (Å²) < 4.78 is 26.4. The lowest BCUT2D eigenvalue weighted by molar-refractivity contribution is 0.539. The minimum Gasteiger partial charge on any atom is -0.326 e. The molecule has 92 valence electrons. The summed E-state index contributed by atoms with van der Waals surface area (Å²) in [7, 11) is -3.59. The second-order valence-electron chi connectivity index (χ2n) is 4.22. The predicted octanol–water partition coefficient (Wildman–Crippen LogP) is 0.835. The lowest BCUT2D eigenvalue weighted by Crippen LogP contribution is -2.41. The number of nitrogens with two attached hydrogens (primary N) is 1. The molecule has 0 aromatic heterocycles. The van der Waals surface area contributed by atoms with Crippen LogP contribution in [0.2, 0.25) is 0 Å². The number of benzene rings is 1. The van der Waals surface area contributed by atoms with Crippen LogP contribution < -0.4 is 10.5 Å². The summed E-state index contributed by atoms with van der Waals surface area (Å²) in [4.78, 5) is 0.179. The molecule has 0 unspecified atom stereocenters. The third-order valence-electron chi connectivity index (χ3n) is 2.22. The second kappa shape index (κ2) is 4.88. The first-order valence-corrected chi connectivity index (χ1v) is 6.60. The molecule has 0 atom stereocenters. The SMILES string of the molecule is C#CC(C)(C)NS(=O)(=O)c1ccc(CN)cc1. The first kappa shape index (κ1) is 13.7. The van der Waals surface area contributed by atoms with Crippen molar-refractivity contribution in [3.63, 3.8) is 0 Å². The van der Waals surface area contributed by atoms with Crippen LogP contribution in [0.5, 0.6) is 0 Å². The summed E-state index contributed by atoms with van der Waals surface area (Å²) in [6.07, 6.45) is 5.24. The maximum absolute atomic E-state index is 12.0. The van der Waals surface area contributed by atoms with Crippen molar-refractivity contribution in [1.29, 1.82) is 0 Å². The van der Waals surface area contributed by atoms with Crippen LogP contribution in [0.3, 0.4) is 0 Å². The van der Waals surface area contributed by atoms with Crippen molar-refractivity contribution in [2.75, 3.05) is 0 Å². The Balaban J connectivity index is 3.02. The van der Waals surface area contributed by atoms with Crippen LogP contribution in [-0.2, 0) is 16.6 Å². The van der Waals surface area contributed by atoms with Gasteiger partial charge in [-0.1, -0.05) is 18.1 Å². The Morgan fingerprint density at radius 3 is 2.29 bits per heavy atom. The molecule has 0 bridgehead atoms. The molecular weight excluding hydrogens is 236 g/mol. The van der Waals surface area contributed by atoms with Gasteiger partial charge in [-0.25, -0.2) is 8.42 Å². The van der Waals surface area contributed by atoms with E-state index in [0.717, 1.165) is 5.56 Å². The Labute approximate surface area is 102 Å². The van der Waals surface area contributed by atoms with E-state index in [2.05, 4.69) is 10.6 Å². The van der Waals surface area contributed by atoms with Gasteiger partial charge in [-0.05, 0) is 31.5 Å². The van der Waals surface area contributed by atoms with E-state index in [-0.39, 0.29) is 4.90 Å². The summed E-state index contributed by atoms with van der Waals surface area (Å²) >= 11 is 0. The number of hydrogen-bond acceptors (Lipinski definition) is 3. The zero-order chi connectivity index (χ0) is 13.1. The number of rotatable bonds is 4. The molecule has 5 heteroatoms. The molecule has 0 aliphatic heterocycles. The van der Waals surface area contributed by atoms with E-state index in [1.165, 1.54) is 12.1 Å². The van der Waals surface area contributed by atoms with E-state index in [1.807, 2.05) is 0 Å². The molecule has 0 fully saturated rings. The van der Waals surface area contributed by atoms with Crippen LogP contribution in [0.4, 0.5) is 0 Å². The molecule has 3 N–H and O–H groups in total. The number of sulfonamides is 1. The molecule has 0 amide bonds. The predicted molar refractivity (Wildman–Crippen MR) is 67.6 cm³/mol. The first-order chi connectivity index (χ1) is 7.80. The van der Waals surface area contributed by atoms with Gasteiger partial charge in [-0.3, -0.25) is 0 Å². The van der Waals surface area contributed by atoms with Gasteiger partial charge in [0.25, 0.3) is 0 Å². The maximum Gasteiger partial charge on any atom is 0.241 e. The fraction of sp³-hybridized carbons (Fsp3) is 0.333. The fourth-order valence-electron chi connectivity index (χ4n) is 1.23. The summed E-state index contributed by atoms with van der Waals surface area (Å²) in [5.41, 5.74) is 5.40. The van der Waals surface area contributed by atoms with Crippen molar-refractivity contribution in [2.24, 2.45) is 5.73 Å². The van der Waals surface area contributed by atoms with Crippen LogP contribution in [0.1, 0.15) is 19.4 Å². The van der Waals surface area contributed by atoms with Gasteiger partial charge in [0, 0.05) is 6.54 Å². The fourth-order valence-corrected chi connectivity index (χ4v) is 2.57. The lowest BCUT2D eigenvalue weighted by Gasteiger charge is -2.19. The highest BCUT2D eigenvalue weighted by atomic mass is 32.2. The van der Waals surface area contributed by atoms with Crippen molar-refractivity contribution in [3.8, 4) is 12.3 Å². The summed E-state index contributed by atoms with van der Waals surface area (Å²) in [6.45, 7) is 3.63. The van der Waals surface area contributed by atoms with Gasteiger partial charge in [0.2, 0.25) is 10.0 Å². The van der Waals surface area contributed by atoms with Crippen LogP contribution in [0.25, 0.3) is 0 Å². The zero-order valence-electron chi connectivity index (χ0n) is 9.90. The molecule has 1 rings (SSSR count). The van der Waals surface area contributed by atoms with Crippen molar-refractivity contribution < 1.29 is 8.42 Å². The van der Waals surface area contributed by atoms with E-state index in [1.54, 1.807) is 26.0 Å². The van der Waals surface area contributed by atoms with E-state index >= 15 is 0 Å². The van der Waals surface area contributed by atoms with Crippen molar-refractivity contribution in [2.45, 2.75) is 30.8 Å². The summed E-state index contributed by atoms with van der Waals surface area (Å²) in [6, 6.07) is 6.38. The monoisotopic (exact) mass is 252 g/mol. The molecule has 4 nitrogen and oxygen atoms in total. The Morgan fingerprint density at radius 2 is 1.88 bits per heavy atom. The maximum atomic E-state index is 12.0. The van der Waals surface area contributed by atoms with Gasteiger partial charge in [0.05, 0.1) is 10.4 Å². The third-order valence-corrected chi connectivity index (χ3v) is 3.89. The Hall–Kier alpha value is -1.35. The quantitative estimate of drug-likeness (QED) is 0.780. The minimum atomic E-state index is -3.59. The van der Waals surface area contributed by atoms with Crippen molar-refractivity contribution in [1.82, 2.24) is 4.72 Å². The Morgan fingerprint density at radius 1 is 1.35 bits per heavy atom. The zero-order valence-corrected chi connectivity index (χ0v) is 10.7. The summed E-state index contributed by atoms with van der Waals surface area (Å²) in [5.74, 6) is 2.38. The molecule has 17 heavy (non-hydrogen) atoms. The second-order valence-corrected chi connectivity index (χ2v) is 5.91. The standard InChI is InChI=1S/C12H16N2O2S/c1-4-12(2,3)14-17(15,16)11-7-5-10(9-13)6-8-11/h1,5-8,14H,9,13H2,2-3H3. The van der Waals surface area contributed by atoms with E-state index in [9.17, 15) is 8.42 Å². The van der Waals surface area contributed by atoms with Crippen LogP contribution in [-0.4, -0.2) is 14.0 Å². The van der Waals surface area contributed by atoms with Crippen LogP contribution >= 0.6 is 0 Å². The number of terminal acetylenes is 1. The molecule has 0 heterocycles. The number of nitrogens with one attached hydrogen (secondary N) is 1. The normalized spacial score (nSPS) is 12.1. The topological polar surface area (TPSA) is 72.2 Å². The molecular formula is C12H16N2O2S. The first-order valence-electron chi connectivity index (χ1n) is 5.11. The van der Waals surface area contributed by atoms with Gasteiger partial charge in [0.1, 0.15) is 0 Å².